The first kappa shape index (κ1) is 14.5. The zero-order chi connectivity index (χ0) is 13.9. The van der Waals surface area contributed by atoms with Crippen LogP contribution in [0.2, 0.25) is 0 Å². The summed E-state index contributed by atoms with van der Waals surface area (Å²) in [6.07, 6.45) is 0. The SMILES string of the molecule is CC(C)(C#N)N1CCN(Cc2ccc(Br)cc2)CC1. The topological polar surface area (TPSA) is 30.3 Å². The van der Waals surface area contributed by atoms with Gasteiger partial charge >= 0.3 is 0 Å². The summed E-state index contributed by atoms with van der Waals surface area (Å²) in [5.41, 5.74) is 1.00. The molecule has 0 saturated carbocycles. The first-order valence-electron chi connectivity index (χ1n) is 6.64. The lowest BCUT2D eigenvalue weighted by atomic mass is 10.0. The molecule has 3 nitrogen and oxygen atoms in total. The largest absolute Gasteiger partial charge is 0.297 e. The van der Waals surface area contributed by atoms with Crippen LogP contribution in [0.25, 0.3) is 0 Å². The van der Waals surface area contributed by atoms with E-state index >= 15 is 0 Å². The van der Waals surface area contributed by atoms with Gasteiger partial charge in [0.25, 0.3) is 0 Å². The molecule has 0 N–H and O–H groups in total. The van der Waals surface area contributed by atoms with Crippen LogP contribution in [-0.4, -0.2) is 41.5 Å². The molecule has 0 atom stereocenters. The van der Waals surface area contributed by atoms with Crippen LogP contribution < -0.4 is 0 Å². The van der Waals surface area contributed by atoms with Gasteiger partial charge < -0.3 is 0 Å². The van der Waals surface area contributed by atoms with Crippen LogP contribution in [0.5, 0.6) is 0 Å². The van der Waals surface area contributed by atoms with Crippen molar-refractivity contribution in [3.63, 3.8) is 0 Å². The Balaban J connectivity index is 1.87. The quantitative estimate of drug-likeness (QED) is 0.857. The Morgan fingerprint density at radius 2 is 1.74 bits per heavy atom. The highest BCUT2D eigenvalue weighted by molar-refractivity contribution is 9.10. The standard InChI is InChI=1S/C15H20BrN3/c1-15(2,12-17)19-9-7-18(8-10-19)11-13-3-5-14(16)6-4-13/h3-6H,7-11H2,1-2H3. The molecule has 0 radical (unpaired) electrons. The third-order valence-electron chi connectivity index (χ3n) is 3.76. The molecule has 4 heteroatoms. The minimum absolute atomic E-state index is 0.344. The van der Waals surface area contributed by atoms with Crippen molar-refractivity contribution in [1.82, 2.24) is 9.80 Å². The molecule has 0 aliphatic carbocycles. The molecule has 1 fully saturated rings. The maximum absolute atomic E-state index is 9.16. The molecule has 1 aliphatic heterocycles. The van der Waals surface area contributed by atoms with E-state index in [1.165, 1.54) is 5.56 Å². The van der Waals surface area contributed by atoms with E-state index in [2.05, 4.69) is 56.1 Å². The van der Waals surface area contributed by atoms with E-state index < -0.39 is 0 Å². The van der Waals surface area contributed by atoms with Crippen molar-refractivity contribution in [3.05, 3.63) is 34.3 Å². The Kier molecular flexibility index (Phi) is 4.62. The van der Waals surface area contributed by atoms with Crippen molar-refractivity contribution < 1.29 is 0 Å². The zero-order valence-corrected chi connectivity index (χ0v) is 13.2. The number of rotatable bonds is 3. The molecule has 1 saturated heterocycles. The van der Waals surface area contributed by atoms with Gasteiger partial charge in [-0.25, -0.2) is 0 Å². The molecule has 1 aromatic carbocycles. The van der Waals surface area contributed by atoms with Crippen LogP contribution >= 0.6 is 15.9 Å². The van der Waals surface area contributed by atoms with Crippen LogP contribution in [-0.2, 0) is 6.54 Å². The van der Waals surface area contributed by atoms with Gasteiger partial charge in [-0.3, -0.25) is 9.80 Å². The Bertz CT molecular complexity index is 453. The second kappa shape index (κ2) is 6.04. The number of nitriles is 1. The number of halogens is 1. The van der Waals surface area contributed by atoms with Gasteiger partial charge in [0.05, 0.1) is 6.07 Å². The molecule has 0 spiro atoms. The molecule has 0 bridgehead atoms. The summed E-state index contributed by atoms with van der Waals surface area (Å²) in [5.74, 6) is 0. The molecule has 1 heterocycles. The van der Waals surface area contributed by atoms with E-state index in [-0.39, 0.29) is 5.54 Å². The van der Waals surface area contributed by atoms with Crippen molar-refractivity contribution >= 4 is 15.9 Å². The molecular formula is C15H20BrN3. The third kappa shape index (κ3) is 3.79. The van der Waals surface area contributed by atoms with E-state index in [1.807, 2.05) is 13.8 Å². The highest BCUT2D eigenvalue weighted by atomic mass is 79.9. The molecule has 1 aliphatic rings. The Hall–Kier alpha value is -0.890. The van der Waals surface area contributed by atoms with Gasteiger partial charge in [0.15, 0.2) is 0 Å². The van der Waals surface area contributed by atoms with Gasteiger partial charge in [-0.2, -0.15) is 5.26 Å². The van der Waals surface area contributed by atoms with E-state index in [0.29, 0.717) is 0 Å². The number of nitrogens with zero attached hydrogens (tertiary/aromatic N) is 3. The Morgan fingerprint density at radius 1 is 1.16 bits per heavy atom. The van der Waals surface area contributed by atoms with Crippen molar-refractivity contribution in [3.8, 4) is 6.07 Å². The average molecular weight is 322 g/mol. The minimum Gasteiger partial charge on any atom is -0.297 e. The smallest absolute Gasteiger partial charge is 0.103 e. The average Bonchev–Trinajstić information content (AvgIpc) is 2.42. The maximum Gasteiger partial charge on any atom is 0.103 e. The first-order chi connectivity index (χ1) is 9.01. The lowest BCUT2D eigenvalue weighted by Crippen LogP contribution is -2.53. The second-order valence-corrected chi connectivity index (χ2v) is 6.48. The van der Waals surface area contributed by atoms with Crippen LogP contribution in [0.15, 0.2) is 28.7 Å². The zero-order valence-electron chi connectivity index (χ0n) is 11.6. The van der Waals surface area contributed by atoms with Gasteiger partial charge in [0, 0.05) is 37.2 Å². The number of hydrogen-bond donors (Lipinski definition) is 0. The van der Waals surface area contributed by atoms with Crippen LogP contribution in [0, 0.1) is 11.3 Å². The molecule has 1 aromatic rings. The number of benzene rings is 1. The molecule has 2 rings (SSSR count). The summed E-state index contributed by atoms with van der Waals surface area (Å²) in [6.45, 7) is 8.99. The van der Waals surface area contributed by atoms with Crippen molar-refractivity contribution in [1.29, 1.82) is 5.26 Å². The number of hydrogen-bond acceptors (Lipinski definition) is 3. The third-order valence-corrected chi connectivity index (χ3v) is 4.28. The highest BCUT2D eigenvalue weighted by Gasteiger charge is 2.29. The van der Waals surface area contributed by atoms with Gasteiger partial charge in [-0.05, 0) is 31.5 Å². The summed E-state index contributed by atoms with van der Waals surface area (Å²) in [4.78, 5) is 4.72. The highest BCUT2D eigenvalue weighted by Crippen LogP contribution is 2.18. The summed E-state index contributed by atoms with van der Waals surface area (Å²) in [6, 6.07) is 10.9. The molecule has 0 unspecified atom stereocenters. The molecule has 0 aromatic heterocycles. The summed E-state index contributed by atoms with van der Waals surface area (Å²) >= 11 is 3.46. The van der Waals surface area contributed by atoms with Crippen LogP contribution in [0.3, 0.4) is 0 Å². The predicted molar refractivity (Wildman–Crippen MR) is 80.7 cm³/mol. The molecule has 19 heavy (non-hydrogen) atoms. The molecule has 0 amide bonds. The second-order valence-electron chi connectivity index (χ2n) is 5.56. The fourth-order valence-electron chi connectivity index (χ4n) is 2.38. The van der Waals surface area contributed by atoms with Crippen molar-refractivity contribution in [2.75, 3.05) is 26.2 Å². The maximum atomic E-state index is 9.16. The van der Waals surface area contributed by atoms with Gasteiger partial charge in [-0.15, -0.1) is 0 Å². The monoisotopic (exact) mass is 321 g/mol. The Morgan fingerprint density at radius 3 is 2.26 bits per heavy atom. The lowest BCUT2D eigenvalue weighted by Gasteiger charge is -2.40. The summed E-state index contributed by atoms with van der Waals surface area (Å²) in [5, 5.41) is 9.16. The van der Waals surface area contributed by atoms with E-state index in [0.717, 1.165) is 37.2 Å². The van der Waals surface area contributed by atoms with Gasteiger partial charge in [0.1, 0.15) is 5.54 Å². The molecule has 102 valence electrons. The summed E-state index contributed by atoms with van der Waals surface area (Å²) < 4.78 is 1.12. The van der Waals surface area contributed by atoms with Crippen LogP contribution in [0.4, 0.5) is 0 Å². The fraction of sp³-hybridized carbons (Fsp3) is 0.533. The van der Waals surface area contributed by atoms with Gasteiger partial charge in [-0.1, -0.05) is 28.1 Å². The summed E-state index contributed by atoms with van der Waals surface area (Å²) in [7, 11) is 0. The first-order valence-corrected chi connectivity index (χ1v) is 7.44. The van der Waals surface area contributed by atoms with Crippen molar-refractivity contribution in [2.24, 2.45) is 0 Å². The predicted octanol–water partition coefficient (Wildman–Crippen LogP) is 2.87. The van der Waals surface area contributed by atoms with E-state index in [4.69, 9.17) is 5.26 Å². The molecular weight excluding hydrogens is 302 g/mol. The Labute approximate surface area is 123 Å². The fourth-order valence-corrected chi connectivity index (χ4v) is 2.65. The van der Waals surface area contributed by atoms with Crippen molar-refractivity contribution in [2.45, 2.75) is 25.9 Å². The van der Waals surface area contributed by atoms with Crippen LogP contribution in [0.1, 0.15) is 19.4 Å². The lowest BCUT2D eigenvalue weighted by molar-refractivity contribution is 0.0764. The normalized spacial score (nSPS) is 18.2. The van der Waals surface area contributed by atoms with E-state index in [1.54, 1.807) is 0 Å². The van der Waals surface area contributed by atoms with E-state index in [9.17, 15) is 0 Å². The van der Waals surface area contributed by atoms with Gasteiger partial charge in [0.2, 0.25) is 0 Å². The number of piperazine rings is 1. The minimum atomic E-state index is -0.344.